The zero-order chi connectivity index (χ0) is 20.6. The van der Waals surface area contributed by atoms with Crippen molar-refractivity contribution in [2.24, 2.45) is 0 Å². The molecule has 6 heteroatoms. The molecular formula is C23H20N2O4. The normalized spacial score (nSPS) is 10.1. The van der Waals surface area contributed by atoms with Crippen LogP contribution in [0.15, 0.2) is 66.7 Å². The number of rotatable bonds is 7. The van der Waals surface area contributed by atoms with Crippen molar-refractivity contribution in [3.05, 3.63) is 83.4 Å². The van der Waals surface area contributed by atoms with Gasteiger partial charge < -0.3 is 19.5 Å². The van der Waals surface area contributed by atoms with Crippen LogP contribution >= 0.6 is 0 Å². The van der Waals surface area contributed by atoms with Gasteiger partial charge in [0, 0.05) is 24.4 Å². The minimum atomic E-state index is -0.208. The van der Waals surface area contributed by atoms with E-state index < -0.39 is 0 Å². The Morgan fingerprint density at radius 1 is 1.00 bits per heavy atom. The number of nitriles is 1. The van der Waals surface area contributed by atoms with E-state index in [1.165, 1.54) is 7.11 Å². The number of hydrogen-bond acceptors (Lipinski definition) is 5. The SMILES string of the molecule is COCc1ccccc1C(=O)Nc1ccc(Oc2ccc(C#N)cc2OC)cc1. The van der Waals surface area contributed by atoms with Crippen LogP contribution in [-0.2, 0) is 11.3 Å². The maximum atomic E-state index is 12.6. The number of carbonyl (C=O) groups excluding carboxylic acids is 1. The van der Waals surface area contributed by atoms with Crippen molar-refractivity contribution in [2.45, 2.75) is 6.61 Å². The van der Waals surface area contributed by atoms with Crippen LogP contribution in [-0.4, -0.2) is 20.1 Å². The molecule has 0 aliphatic rings. The van der Waals surface area contributed by atoms with E-state index in [1.54, 1.807) is 55.6 Å². The van der Waals surface area contributed by atoms with E-state index in [4.69, 9.17) is 19.5 Å². The number of benzene rings is 3. The monoisotopic (exact) mass is 388 g/mol. The summed E-state index contributed by atoms with van der Waals surface area (Å²) in [6.07, 6.45) is 0. The quantitative estimate of drug-likeness (QED) is 0.631. The Morgan fingerprint density at radius 2 is 1.76 bits per heavy atom. The Balaban J connectivity index is 1.71. The highest BCUT2D eigenvalue weighted by atomic mass is 16.5. The van der Waals surface area contributed by atoms with Gasteiger partial charge in [-0.3, -0.25) is 4.79 Å². The molecule has 146 valence electrons. The molecule has 6 nitrogen and oxygen atoms in total. The van der Waals surface area contributed by atoms with Crippen molar-refractivity contribution in [1.29, 1.82) is 5.26 Å². The topological polar surface area (TPSA) is 80.6 Å². The summed E-state index contributed by atoms with van der Waals surface area (Å²) in [7, 11) is 3.11. The summed E-state index contributed by atoms with van der Waals surface area (Å²) < 4.78 is 16.3. The Bertz CT molecular complexity index is 1040. The van der Waals surface area contributed by atoms with Crippen molar-refractivity contribution in [3.8, 4) is 23.3 Å². The molecule has 0 saturated heterocycles. The molecule has 0 fully saturated rings. The predicted molar refractivity (Wildman–Crippen MR) is 109 cm³/mol. The van der Waals surface area contributed by atoms with Crippen LogP contribution in [0.4, 0.5) is 5.69 Å². The highest BCUT2D eigenvalue weighted by Crippen LogP contribution is 2.32. The zero-order valence-electron chi connectivity index (χ0n) is 16.1. The molecule has 0 atom stereocenters. The number of amides is 1. The molecule has 1 N–H and O–H groups in total. The van der Waals surface area contributed by atoms with E-state index in [0.717, 1.165) is 5.56 Å². The fourth-order valence-electron chi connectivity index (χ4n) is 2.78. The molecule has 0 aliphatic heterocycles. The summed E-state index contributed by atoms with van der Waals surface area (Å²) in [6, 6.07) is 21.3. The van der Waals surface area contributed by atoms with Gasteiger partial charge >= 0.3 is 0 Å². The molecular weight excluding hydrogens is 368 g/mol. The van der Waals surface area contributed by atoms with E-state index in [2.05, 4.69) is 11.4 Å². The van der Waals surface area contributed by atoms with Gasteiger partial charge in [-0.05, 0) is 48.0 Å². The minimum Gasteiger partial charge on any atom is -0.493 e. The maximum absolute atomic E-state index is 12.6. The highest BCUT2D eigenvalue weighted by Gasteiger charge is 2.12. The first kappa shape index (κ1) is 19.9. The number of nitrogens with zero attached hydrogens (tertiary/aromatic N) is 1. The largest absolute Gasteiger partial charge is 0.493 e. The molecule has 3 rings (SSSR count). The molecule has 0 bridgehead atoms. The average molecular weight is 388 g/mol. The first-order chi connectivity index (χ1) is 14.1. The first-order valence-corrected chi connectivity index (χ1v) is 8.89. The lowest BCUT2D eigenvalue weighted by Crippen LogP contribution is -2.14. The van der Waals surface area contributed by atoms with Gasteiger partial charge in [-0.1, -0.05) is 18.2 Å². The second kappa shape index (κ2) is 9.40. The number of nitrogens with one attached hydrogen (secondary N) is 1. The third kappa shape index (κ3) is 4.92. The third-order valence-electron chi connectivity index (χ3n) is 4.19. The zero-order valence-corrected chi connectivity index (χ0v) is 16.1. The molecule has 0 saturated carbocycles. The fraction of sp³-hybridized carbons (Fsp3) is 0.130. The number of methoxy groups -OCH3 is 2. The van der Waals surface area contributed by atoms with Gasteiger partial charge in [-0.25, -0.2) is 0 Å². The fourth-order valence-corrected chi connectivity index (χ4v) is 2.78. The summed E-state index contributed by atoms with van der Waals surface area (Å²) in [5, 5.41) is 11.9. The molecule has 0 unspecified atom stereocenters. The van der Waals surface area contributed by atoms with Crippen LogP contribution in [0.2, 0.25) is 0 Å². The average Bonchev–Trinajstić information content (AvgIpc) is 2.76. The van der Waals surface area contributed by atoms with Crippen LogP contribution in [0.5, 0.6) is 17.2 Å². The number of carbonyl (C=O) groups is 1. The van der Waals surface area contributed by atoms with Crippen LogP contribution in [0.25, 0.3) is 0 Å². The summed E-state index contributed by atoms with van der Waals surface area (Å²) in [4.78, 5) is 12.6. The van der Waals surface area contributed by atoms with Gasteiger partial charge in [0.2, 0.25) is 0 Å². The van der Waals surface area contributed by atoms with E-state index in [9.17, 15) is 4.79 Å². The molecule has 3 aromatic rings. The van der Waals surface area contributed by atoms with E-state index in [1.807, 2.05) is 18.2 Å². The number of hydrogen-bond donors (Lipinski definition) is 1. The number of anilines is 1. The van der Waals surface area contributed by atoms with Crippen molar-refractivity contribution in [3.63, 3.8) is 0 Å². The van der Waals surface area contributed by atoms with E-state index in [-0.39, 0.29) is 5.91 Å². The van der Waals surface area contributed by atoms with Crippen molar-refractivity contribution < 1.29 is 19.0 Å². The second-order valence-corrected chi connectivity index (χ2v) is 6.15. The molecule has 0 aromatic heterocycles. The Morgan fingerprint density at radius 3 is 2.45 bits per heavy atom. The van der Waals surface area contributed by atoms with E-state index >= 15 is 0 Å². The van der Waals surface area contributed by atoms with Gasteiger partial charge in [-0.2, -0.15) is 5.26 Å². The van der Waals surface area contributed by atoms with Crippen LogP contribution in [0, 0.1) is 11.3 Å². The van der Waals surface area contributed by atoms with Crippen molar-refractivity contribution >= 4 is 11.6 Å². The standard InChI is InChI=1S/C23H20N2O4/c1-27-15-17-5-3-4-6-20(17)23(26)25-18-8-10-19(11-9-18)29-21-12-7-16(14-24)13-22(21)28-2/h3-13H,15H2,1-2H3,(H,25,26). The summed E-state index contributed by atoms with van der Waals surface area (Å²) in [5.41, 5.74) is 2.51. The smallest absolute Gasteiger partial charge is 0.256 e. The number of ether oxygens (including phenoxy) is 3. The Hall–Kier alpha value is -3.82. The Labute approximate surface area is 169 Å². The molecule has 29 heavy (non-hydrogen) atoms. The summed E-state index contributed by atoms with van der Waals surface area (Å²) >= 11 is 0. The summed E-state index contributed by atoms with van der Waals surface area (Å²) in [6.45, 7) is 0.364. The van der Waals surface area contributed by atoms with Crippen LogP contribution in [0.3, 0.4) is 0 Å². The predicted octanol–water partition coefficient (Wildman–Crippen LogP) is 4.76. The van der Waals surface area contributed by atoms with Gasteiger partial charge in [0.05, 0.1) is 25.3 Å². The molecule has 1 amide bonds. The second-order valence-electron chi connectivity index (χ2n) is 6.15. The lowest BCUT2D eigenvalue weighted by molar-refractivity contribution is 0.102. The van der Waals surface area contributed by atoms with Gasteiger partial charge in [0.25, 0.3) is 5.91 Å². The maximum Gasteiger partial charge on any atom is 0.256 e. The van der Waals surface area contributed by atoms with Gasteiger partial charge in [0.1, 0.15) is 5.75 Å². The third-order valence-corrected chi connectivity index (χ3v) is 4.19. The van der Waals surface area contributed by atoms with Gasteiger partial charge in [0.15, 0.2) is 11.5 Å². The summed E-state index contributed by atoms with van der Waals surface area (Å²) in [5.74, 6) is 1.33. The van der Waals surface area contributed by atoms with Gasteiger partial charge in [-0.15, -0.1) is 0 Å². The molecule has 0 spiro atoms. The Kier molecular flexibility index (Phi) is 6.46. The molecule has 0 radical (unpaired) electrons. The molecule has 0 heterocycles. The lowest BCUT2D eigenvalue weighted by Gasteiger charge is -2.12. The highest BCUT2D eigenvalue weighted by molar-refractivity contribution is 6.05. The van der Waals surface area contributed by atoms with E-state index in [0.29, 0.717) is 40.7 Å². The van der Waals surface area contributed by atoms with Crippen molar-refractivity contribution in [1.82, 2.24) is 0 Å². The van der Waals surface area contributed by atoms with Crippen LogP contribution in [0.1, 0.15) is 21.5 Å². The van der Waals surface area contributed by atoms with Crippen LogP contribution < -0.4 is 14.8 Å². The lowest BCUT2D eigenvalue weighted by atomic mass is 10.1. The molecule has 0 aliphatic carbocycles. The minimum absolute atomic E-state index is 0.208. The first-order valence-electron chi connectivity index (χ1n) is 8.89. The molecule has 3 aromatic carbocycles. The van der Waals surface area contributed by atoms with Crippen molar-refractivity contribution in [2.75, 3.05) is 19.5 Å².